The standard InChI is InChI=1S/C14H16IN3/c1-2-6-18-14(13-10-16-7-8-17-13)11-4-3-5-12(15)9-11/h3-5,7-10,14,18H,2,6H2,1H3. The first kappa shape index (κ1) is 13.4. The minimum absolute atomic E-state index is 0.119. The summed E-state index contributed by atoms with van der Waals surface area (Å²) in [6.45, 7) is 3.13. The van der Waals surface area contributed by atoms with Crippen molar-refractivity contribution in [3.05, 3.63) is 57.7 Å². The molecule has 0 bridgehead atoms. The summed E-state index contributed by atoms with van der Waals surface area (Å²) < 4.78 is 1.23. The van der Waals surface area contributed by atoms with Crippen molar-refractivity contribution < 1.29 is 0 Å². The van der Waals surface area contributed by atoms with Gasteiger partial charge < -0.3 is 5.32 Å². The number of halogens is 1. The Morgan fingerprint density at radius 1 is 1.33 bits per heavy atom. The number of nitrogens with one attached hydrogen (secondary N) is 1. The molecular formula is C14H16IN3. The summed E-state index contributed by atoms with van der Waals surface area (Å²) in [5.74, 6) is 0. The maximum Gasteiger partial charge on any atom is 0.0801 e. The number of nitrogens with zero attached hydrogens (tertiary/aromatic N) is 2. The molecule has 0 saturated heterocycles. The quantitative estimate of drug-likeness (QED) is 0.840. The van der Waals surface area contributed by atoms with E-state index in [4.69, 9.17) is 0 Å². The summed E-state index contributed by atoms with van der Waals surface area (Å²) in [6, 6.07) is 8.60. The van der Waals surface area contributed by atoms with Crippen LogP contribution in [0.3, 0.4) is 0 Å². The molecule has 1 aromatic carbocycles. The maximum absolute atomic E-state index is 4.41. The van der Waals surface area contributed by atoms with Crippen LogP contribution in [-0.4, -0.2) is 16.5 Å². The minimum Gasteiger partial charge on any atom is -0.305 e. The minimum atomic E-state index is 0.119. The molecule has 1 atom stereocenters. The van der Waals surface area contributed by atoms with Gasteiger partial charge in [-0.3, -0.25) is 9.97 Å². The first-order chi connectivity index (χ1) is 8.81. The predicted molar refractivity (Wildman–Crippen MR) is 81.3 cm³/mol. The Balaban J connectivity index is 2.31. The highest BCUT2D eigenvalue weighted by Gasteiger charge is 2.14. The molecule has 1 unspecified atom stereocenters. The van der Waals surface area contributed by atoms with Gasteiger partial charge in [-0.15, -0.1) is 0 Å². The highest BCUT2D eigenvalue weighted by molar-refractivity contribution is 14.1. The third-order valence-electron chi connectivity index (χ3n) is 2.66. The zero-order chi connectivity index (χ0) is 12.8. The monoisotopic (exact) mass is 353 g/mol. The highest BCUT2D eigenvalue weighted by Crippen LogP contribution is 2.21. The third kappa shape index (κ3) is 3.49. The molecule has 0 fully saturated rings. The van der Waals surface area contributed by atoms with Crippen LogP contribution in [0.5, 0.6) is 0 Å². The summed E-state index contributed by atoms with van der Waals surface area (Å²) in [7, 11) is 0. The second-order valence-electron chi connectivity index (χ2n) is 4.07. The molecule has 0 saturated carbocycles. The van der Waals surface area contributed by atoms with Gasteiger partial charge in [0.1, 0.15) is 0 Å². The fraction of sp³-hybridized carbons (Fsp3) is 0.286. The Bertz CT molecular complexity index is 487. The van der Waals surface area contributed by atoms with Gasteiger partial charge in [-0.2, -0.15) is 0 Å². The van der Waals surface area contributed by atoms with Gasteiger partial charge in [-0.25, -0.2) is 0 Å². The summed E-state index contributed by atoms with van der Waals surface area (Å²) in [5, 5.41) is 3.52. The molecule has 1 aromatic heterocycles. The van der Waals surface area contributed by atoms with E-state index in [2.05, 4.69) is 69.1 Å². The Hall–Kier alpha value is -1.01. The Morgan fingerprint density at radius 2 is 2.22 bits per heavy atom. The first-order valence-electron chi connectivity index (χ1n) is 6.06. The van der Waals surface area contributed by atoms with Gasteiger partial charge in [0.25, 0.3) is 0 Å². The van der Waals surface area contributed by atoms with Gasteiger partial charge in [0.2, 0.25) is 0 Å². The Labute approximate surface area is 121 Å². The van der Waals surface area contributed by atoms with Crippen molar-refractivity contribution in [3.63, 3.8) is 0 Å². The largest absolute Gasteiger partial charge is 0.305 e. The maximum atomic E-state index is 4.41. The lowest BCUT2D eigenvalue weighted by Gasteiger charge is -2.18. The van der Waals surface area contributed by atoms with E-state index >= 15 is 0 Å². The van der Waals surface area contributed by atoms with Crippen LogP contribution >= 0.6 is 22.6 Å². The van der Waals surface area contributed by atoms with Crippen LogP contribution in [0.25, 0.3) is 0 Å². The predicted octanol–water partition coefficient (Wildman–Crippen LogP) is 3.17. The average Bonchev–Trinajstić information content (AvgIpc) is 2.40. The van der Waals surface area contributed by atoms with Crippen molar-refractivity contribution >= 4 is 22.6 Å². The molecule has 1 N–H and O–H groups in total. The molecule has 0 amide bonds. The molecular weight excluding hydrogens is 337 g/mol. The molecule has 0 aliphatic carbocycles. The lowest BCUT2D eigenvalue weighted by atomic mass is 10.0. The van der Waals surface area contributed by atoms with E-state index in [1.807, 2.05) is 6.20 Å². The smallest absolute Gasteiger partial charge is 0.0801 e. The van der Waals surface area contributed by atoms with Crippen molar-refractivity contribution in [1.29, 1.82) is 0 Å². The molecule has 0 radical (unpaired) electrons. The van der Waals surface area contributed by atoms with Crippen molar-refractivity contribution in [2.24, 2.45) is 0 Å². The molecule has 94 valence electrons. The van der Waals surface area contributed by atoms with Gasteiger partial charge in [-0.05, 0) is 53.3 Å². The van der Waals surface area contributed by atoms with Crippen molar-refractivity contribution in [1.82, 2.24) is 15.3 Å². The van der Waals surface area contributed by atoms with E-state index in [1.54, 1.807) is 12.4 Å². The third-order valence-corrected chi connectivity index (χ3v) is 3.33. The number of aromatic nitrogens is 2. The first-order valence-corrected chi connectivity index (χ1v) is 7.14. The number of hydrogen-bond acceptors (Lipinski definition) is 3. The van der Waals surface area contributed by atoms with E-state index in [0.717, 1.165) is 18.7 Å². The van der Waals surface area contributed by atoms with E-state index < -0.39 is 0 Å². The second-order valence-corrected chi connectivity index (χ2v) is 5.32. The summed E-state index contributed by atoms with van der Waals surface area (Å²) in [4.78, 5) is 8.57. The molecule has 2 rings (SSSR count). The fourth-order valence-corrected chi connectivity index (χ4v) is 2.39. The molecule has 0 spiro atoms. The van der Waals surface area contributed by atoms with Crippen LogP contribution in [0.4, 0.5) is 0 Å². The van der Waals surface area contributed by atoms with Crippen LogP contribution in [-0.2, 0) is 0 Å². The van der Waals surface area contributed by atoms with Crippen molar-refractivity contribution in [3.8, 4) is 0 Å². The van der Waals surface area contributed by atoms with Crippen LogP contribution in [0.2, 0.25) is 0 Å². The van der Waals surface area contributed by atoms with Gasteiger partial charge in [-0.1, -0.05) is 19.1 Å². The van der Waals surface area contributed by atoms with Gasteiger partial charge in [0.05, 0.1) is 17.9 Å². The number of hydrogen-bond donors (Lipinski definition) is 1. The van der Waals surface area contributed by atoms with E-state index in [9.17, 15) is 0 Å². The van der Waals surface area contributed by atoms with Gasteiger partial charge in [0.15, 0.2) is 0 Å². The summed E-state index contributed by atoms with van der Waals surface area (Å²) >= 11 is 2.33. The van der Waals surface area contributed by atoms with Crippen LogP contribution < -0.4 is 5.32 Å². The highest BCUT2D eigenvalue weighted by atomic mass is 127. The van der Waals surface area contributed by atoms with Crippen LogP contribution in [0, 0.1) is 3.57 Å². The SMILES string of the molecule is CCCNC(c1cccc(I)c1)c1cnccn1. The molecule has 0 aliphatic rings. The van der Waals surface area contributed by atoms with E-state index in [0.29, 0.717) is 0 Å². The second kappa shape index (κ2) is 6.80. The number of benzene rings is 1. The molecule has 2 aromatic rings. The molecule has 1 heterocycles. The number of rotatable bonds is 5. The lowest BCUT2D eigenvalue weighted by Crippen LogP contribution is -2.24. The van der Waals surface area contributed by atoms with Gasteiger partial charge in [0, 0.05) is 16.0 Å². The van der Waals surface area contributed by atoms with Crippen molar-refractivity contribution in [2.75, 3.05) is 6.54 Å². The summed E-state index contributed by atoms with van der Waals surface area (Å²) in [5.41, 5.74) is 2.20. The molecule has 0 aliphatic heterocycles. The van der Waals surface area contributed by atoms with Crippen LogP contribution in [0.1, 0.15) is 30.6 Å². The molecule has 4 heteroatoms. The van der Waals surface area contributed by atoms with Crippen LogP contribution in [0.15, 0.2) is 42.9 Å². The van der Waals surface area contributed by atoms with E-state index in [-0.39, 0.29) is 6.04 Å². The summed E-state index contributed by atoms with van der Waals surface area (Å²) in [6.07, 6.45) is 6.37. The van der Waals surface area contributed by atoms with Gasteiger partial charge >= 0.3 is 0 Å². The lowest BCUT2D eigenvalue weighted by molar-refractivity contribution is 0.584. The zero-order valence-electron chi connectivity index (χ0n) is 10.3. The normalized spacial score (nSPS) is 12.3. The molecule has 3 nitrogen and oxygen atoms in total. The molecule has 18 heavy (non-hydrogen) atoms. The van der Waals surface area contributed by atoms with Crippen molar-refractivity contribution in [2.45, 2.75) is 19.4 Å². The Kier molecular flexibility index (Phi) is 5.07. The Morgan fingerprint density at radius 3 is 2.89 bits per heavy atom. The zero-order valence-corrected chi connectivity index (χ0v) is 12.5. The average molecular weight is 353 g/mol. The van der Waals surface area contributed by atoms with E-state index in [1.165, 1.54) is 9.13 Å². The topological polar surface area (TPSA) is 37.8 Å². The fourth-order valence-electron chi connectivity index (χ4n) is 1.83.